The molecule has 5 nitrogen and oxygen atoms in total. The number of hydrogen-bond acceptors (Lipinski definition) is 4. The minimum absolute atomic E-state index is 0.0247. The Morgan fingerprint density at radius 2 is 1.78 bits per heavy atom. The lowest BCUT2D eigenvalue weighted by atomic mass is 10.2. The molecule has 0 aliphatic carbocycles. The molecule has 8 heteroatoms. The molecule has 3 rings (SSSR count). The normalized spacial score (nSPS) is 14.2. The van der Waals surface area contributed by atoms with Crippen molar-refractivity contribution < 1.29 is 18.7 Å². The predicted octanol–water partition coefficient (Wildman–Crippen LogP) is 3.64. The van der Waals surface area contributed by atoms with Crippen molar-refractivity contribution in [3.8, 4) is 0 Å². The van der Waals surface area contributed by atoms with E-state index in [0.29, 0.717) is 31.2 Å². The fraction of sp³-hybridized carbons (Fsp3) is 0.263. The quantitative estimate of drug-likeness (QED) is 0.721. The zero-order valence-corrected chi connectivity index (χ0v) is 15.8. The standard InChI is InChI=1S/C19H17Cl2FN2O3/c20-13-2-1-3-15(10-13)23-6-8-24(9-7-23)18(25)12-27-19(26)16-5-4-14(22)11-17(16)21/h1-5,10-11H,6-9,12H2. The first-order valence-corrected chi connectivity index (χ1v) is 9.10. The average molecular weight is 411 g/mol. The first-order valence-electron chi connectivity index (χ1n) is 8.34. The first kappa shape index (κ1) is 19.5. The van der Waals surface area contributed by atoms with E-state index < -0.39 is 11.8 Å². The van der Waals surface area contributed by atoms with Gasteiger partial charge < -0.3 is 14.5 Å². The number of esters is 1. The number of benzene rings is 2. The van der Waals surface area contributed by atoms with Crippen LogP contribution in [0.2, 0.25) is 10.0 Å². The Kier molecular flexibility index (Phi) is 6.19. The fourth-order valence-electron chi connectivity index (χ4n) is 2.84. The summed E-state index contributed by atoms with van der Waals surface area (Å²) in [5.41, 5.74) is 1.03. The Morgan fingerprint density at radius 3 is 2.44 bits per heavy atom. The van der Waals surface area contributed by atoms with Crippen LogP contribution in [0.5, 0.6) is 0 Å². The SMILES string of the molecule is O=C(OCC(=O)N1CCN(c2cccc(Cl)c2)CC1)c1ccc(F)cc1Cl. The van der Waals surface area contributed by atoms with Gasteiger partial charge in [-0.05, 0) is 36.4 Å². The smallest absolute Gasteiger partial charge is 0.340 e. The van der Waals surface area contributed by atoms with Crippen molar-refractivity contribution in [1.29, 1.82) is 0 Å². The molecule has 1 amide bonds. The summed E-state index contributed by atoms with van der Waals surface area (Å²) >= 11 is 11.8. The number of nitrogens with zero attached hydrogens (tertiary/aromatic N) is 2. The third kappa shape index (κ3) is 4.90. The molecular weight excluding hydrogens is 394 g/mol. The van der Waals surface area contributed by atoms with Gasteiger partial charge in [0.2, 0.25) is 0 Å². The lowest BCUT2D eigenvalue weighted by Gasteiger charge is -2.36. The van der Waals surface area contributed by atoms with Crippen molar-refractivity contribution in [3.05, 3.63) is 63.9 Å². The number of carbonyl (C=O) groups is 2. The monoisotopic (exact) mass is 410 g/mol. The summed E-state index contributed by atoms with van der Waals surface area (Å²) < 4.78 is 18.1. The first-order chi connectivity index (χ1) is 12.9. The van der Waals surface area contributed by atoms with Gasteiger partial charge in [-0.1, -0.05) is 29.3 Å². The van der Waals surface area contributed by atoms with Crippen molar-refractivity contribution in [2.45, 2.75) is 0 Å². The van der Waals surface area contributed by atoms with Crippen LogP contribution in [0.3, 0.4) is 0 Å². The zero-order valence-electron chi connectivity index (χ0n) is 14.3. The molecule has 2 aromatic carbocycles. The lowest BCUT2D eigenvalue weighted by molar-refractivity contribution is -0.134. The summed E-state index contributed by atoms with van der Waals surface area (Å²) in [5.74, 6) is -1.59. The highest BCUT2D eigenvalue weighted by molar-refractivity contribution is 6.33. The lowest BCUT2D eigenvalue weighted by Crippen LogP contribution is -2.49. The van der Waals surface area contributed by atoms with Crippen LogP contribution in [0.15, 0.2) is 42.5 Å². The van der Waals surface area contributed by atoms with Crippen LogP contribution in [0.1, 0.15) is 10.4 Å². The third-order valence-electron chi connectivity index (χ3n) is 4.28. The number of hydrogen-bond donors (Lipinski definition) is 0. The minimum Gasteiger partial charge on any atom is -0.452 e. The van der Waals surface area contributed by atoms with E-state index in [0.717, 1.165) is 17.8 Å². The van der Waals surface area contributed by atoms with Crippen molar-refractivity contribution in [2.75, 3.05) is 37.7 Å². The molecule has 1 saturated heterocycles. The van der Waals surface area contributed by atoms with Crippen LogP contribution >= 0.6 is 23.2 Å². The Labute approximate surface area is 166 Å². The molecule has 0 unspecified atom stereocenters. The topological polar surface area (TPSA) is 49.9 Å². The van der Waals surface area contributed by atoms with Crippen molar-refractivity contribution in [3.63, 3.8) is 0 Å². The maximum Gasteiger partial charge on any atom is 0.340 e. The Balaban J connectivity index is 1.50. The van der Waals surface area contributed by atoms with Crippen LogP contribution < -0.4 is 4.90 Å². The number of piperazine rings is 1. The van der Waals surface area contributed by atoms with E-state index in [1.165, 1.54) is 6.07 Å². The van der Waals surface area contributed by atoms with Gasteiger partial charge in [-0.3, -0.25) is 4.79 Å². The summed E-state index contributed by atoms with van der Waals surface area (Å²) in [7, 11) is 0. The second-order valence-corrected chi connectivity index (χ2v) is 6.89. The van der Waals surface area contributed by atoms with Gasteiger partial charge >= 0.3 is 5.97 Å². The van der Waals surface area contributed by atoms with Crippen LogP contribution in [-0.2, 0) is 9.53 Å². The molecule has 0 radical (unpaired) electrons. The van der Waals surface area contributed by atoms with Gasteiger partial charge in [0.1, 0.15) is 5.82 Å². The summed E-state index contributed by atoms with van der Waals surface area (Å²) in [6.45, 7) is 1.96. The van der Waals surface area contributed by atoms with E-state index >= 15 is 0 Å². The molecule has 1 aliphatic rings. The maximum absolute atomic E-state index is 13.0. The molecule has 1 heterocycles. The van der Waals surface area contributed by atoms with Crippen LogP contribution in [0.4, 0.5) is 10.1 Å². The molecule has 0 spiro atoms. The van der Waals surface area contributed by atoms with E-state index in [-0.39, 0.29) is 23.1 Å². The number of rotatable bonds is 4. The number of halogens is 3. The highest BCUT2D eigenvalue weighted by Crippen LogP contribution is 2.21. The highest BCUT2D eigenvalue weighted by Gasteiger charge is 2.23. The molecule has 1 aliphatic heterocycles. The van der Waals surface area contributed by atoms with Gasteiger partial charge in [0.25, 0.3) is 5.91 Å². The molecule has 0 N–H and O–H groups in total. The molecule has 0 aromatic heterocycles. The van der Waals surface area contributed by atoms with E-state index in [9.17, 15) is 14.0 Å². The Morgan fingerprint density at radius 1 is 1.04 bits per heavy atom. The molecule has 0 atom stereocenters. The van der Waals surface area contributed by atoms with Gasteiger partial charge in [-0.15, -0.1) is 0 Å². The summed E-state index contributed by atoms with van der Waals surface area (Å²) in [6, 6.07) is 10.9. The van der Waals surface area contributed by atoms with Gasteiger partial charge in [-0.2, -0.15) is 0 Å². The van der Waals surface area contributed by atoms with E-state index in [1.807, 2.05) is 24.3 Å². The van der Waals surface area contributed by atoms with Gasteiger partial charge in [0.05, 0.1) is 10.6 Å². The summed E-state index contributed by atoms with van der Waals surface area (Å²) in [5, 5.41) is 0.611. The Bertz CT molecular complexity index is 855. The number of carbonyl (C=O) groups excluding carboxylic acids is 2. The molecule has 27 heavy (non-hydrogen) atoms. The number of amides is 1. The van der Waals surface area contributed by atoms with Crippen LogP contribution in [0.25, 0.3) is 0 Å². The van der Waals surface area contributed by atoms with Crippen molar-refractivity contribution in [1.82, 2.24) is 4.90 Å². The van der Waals surface area contributed by atoms with Gasteiger partial charge in [0.15, 0.2) is 6.61 Å². The van der Waals surface area contributed by atoms with E-state index in [1.54, 1.807) is 4.90 Å². The maximum atomic E-state index is 13.0. The summed E-state index contributed by atoms with van der Waals surface area (Å²) in [4.78, 5) is 28.1. The average Bonchev–Trinajstić information content (AvgIpc) is 2.66. The molecule has 0 bridgehead atoms. The van der Waals surface area contributed by atoms with Crippen LogP contribution in [0, 0.1) is 5.82 Å². The van der Waals surface area contributed by atoms with Gasteiger partial charge in [0, 0.05) is 36.9 Å². The minimum atomic E-state index is -0.758. The largest absolute Gasteiger partial charge is 0.452 e. The summed E-state index contributed by atoms with van der Waals surface area (Å²) in [6.07, 6.45) is 0. The second kappa shape index (κ2) is 8.59. The predicted molar refractivity (Wildman–Crippen MR) is 102 cm³/mol. The molecule has 2 aromatic rings. The fourth-order valence-corrected chi connectivity index (χ4v) is 3.27. The van der Waals surface area contributed by atoms with E-state index in [2.05, 4.69) is 4.90 Å². The second-order valence-electron chi connectivity index (χ2n) is 6.05. The van der Waals surface area contributed by atoms with E-state index in [4.69, 9.17) is 27.9 Å². The molecule has 0 saturated carbocycles. The van der Waals surface area contributed by atoms with Gasteiger partial charge in [-0.25, -0.2) is 9.18 Å². The van der Waals surface area contributed by atoms with Crippen molar-refractivity contribution in [2.24, 2.45) is 0 Å². The molecular formula is C19H17Cl2FN2O3. The number of ether oxygens (including phenoxy) is 1. The zero-order chi connectivity index (χ0) is 19.4. The Hall–Kier alpha value is -2.31. The molecule has 142 valence electrons. The van der Waals surface area contributed by atoms with Crippen molar-refractivity contribution >= 4 is 40.8 Å². The number of anilines is 1. The van der Waals surface area contributed by atoms with Crippen LogP contribution in [-0.4, -0.2) is 49.6 Å². The molecule has 1 fully saturated rings. The third-order valence-corrected chi connectivity index (χ3v) is 4.83. The highest BCUT2D eigenvalue weighted by atomic mass is 35.5.